The maximum Gasteiger partial charge on any atom is 0.410 e. The summed E-state index contributed by atoms with van der Waals surface area (Å²) in [6.45, 7) is 8.38. The molecule has 0 bridgehead atoms. The van der Waals surface area contributed by atoms with Gasteiger partial charge in [-0.25, -0.2) is 14.7 Å². The SMILES string of the molecule is Cn1c(-c2ccc(N3CCN(C(=O)OC(C)(C)C)CC3)cc2)n[nH]c1=O. The van der Waals surface area contributed by atoms with Crippen LogP contribution in [-0.4, -0.2) is 57.5 Å². The van der Waals surface area contributed by atoms with E-state index in [2.05, 4.69) is 15.1 Å². The molecule has 1 amide bonds. The topological polar surface area (TPSA) is 83.5 Å². The van der Waals surface area contributed by atoms with Gasteiger partial charge in [-0.1, -0.05) is 0 Å². The average Bonchev–Trinajstić information content (AvgIpc) is 2.93. The minimum absolute atomic E-state index is 0.234. The summed E-state index contributed by atoms with van der Waals surface area (Å²) in [4.78, 5) is 27.6. The predicted molar refractivity (Wildman–Crippen MR) is 99.3 cm³/mol. The van der Waals surface area contributed by atoms with Crippen molar-refractivity contribution in [3.8, 4) is 11.4 Å². The maximum absolute atomic E-state index is 12.1. The van der Waals surface area contributed by atoms with E-state index in [0.29, 0.717) is 18.9 Å². The molecule has 140 valence electrons. The number of anilines is 1. The molecular formula is C18H25N5O3. The summed E-state index contributed by atoms with van der Waals surface area (Å²) in [6, 6.07) is 7.92. The zero-order valence-corrected chi connectivity index (χ0v) is 15.7. The minimum atomic E-state index is -0.476. The van der Waals surface area contributed by atoms with Crippen molar-refractivity contribution < 1.29 is 9.53 Å². The second kappa shape index (κ2) is 6.86. The van der Waals surface area contributed by atoms with E-state index < -0.39 is 5.60 Å². The van der Waals surface area contributed by atoms with Crippen LogP contribution < -0.4 is 10.6 Å². The molecule has 8 nitrogen and oxygen atoms in total. The lowest BCUT2D eigenvalue weighted by Gasteiger charge is -2.36. The molecule has 0 unspecified atom stereocenters. The van der Waals surface area contributed by atoms with Crippen molar-refractivity contribution >= 4 is 11.8 Å². The first-order chi connectivity index (χ1) is 12.2. The molecule has 0 atom stereocenters. The monoisotopic (exact) mass is 359 g/mol. The summed E-state index contributed by atoms with van der Waals surface area (Å²) in [7, 11) is 1.69. The van der Waals surface area contributed by atoms with Crippen molar-refractivity contribution in [1.29, 1.82) is 0 Å². The number of aromatic nitrogens is 3. The van der Waals surface area contributed by atoms with Crippen molar-refractivity contribution in [2.24, 2.45) is 7.05 Å². The lowest BCUT2D eigenvalue weighted by atomic mass is 10.1. The van der Waals surface area contributed by atoms with Crippen molar-refractivity contribution in [1.82, 2.24) is 19.7 Å². The average molecular weight is 359 g/mol. The van der Waals surface area contributed by atoms with E-state index in [9.17, 15) is 9.59 Å². The van der Waals surface area contributed by atoms with Crippen LogP contribution in [0.1, 0.15) is 20.8 Å². The highest BCUT2D eigenvalue weighted by molar-refractivity contribution is 5.69. The van der Waals surface area contributed by atoms with E-state index in [1.807, 2.05) is 45.0 Å². The molecule has 1 aromatic carbocycles. The lowest BCUT2D eigenvalue weighted by molar-refractivity contribution is 0.0240. The number of ether oxygens (including phenoxy) is 1. The van der Waals surface area contributed by atoms with Crippen LogP contribution in [0.25, 0.3) is 11.4 Å². The van der Waals surface area contributed by atoms with Crippen molar-refractivity contribution in [3.05, 3.63) is 34.7 Å². The fourth-order valence-electron chi connectivity index (χ4n) is 2.90. The quantitative estimate of drug-likeness (QED) is 0.884. The molecule has 2 aromatic rings. The molecule has 1 aliphatic heterocycles. The summed E-state index contributed by atoms with van der Waals surface area (Å²) in [5.74, 6) is 0.608. The maximum atomic E-state index is 12.1. The number of amides is 1. The van der Waals surface area contributed by atoms with Crippen molar-refractivity contribution in [2.75, 3.05) is 31.1 Å². The number of nitrogens with zero attached hydrogens (tertiary/aromatic N) is 4. The molecule has 1 aliphatic rings. The van der Waals surface area contributed by atoms with Gasteiger partial charge in [-0.15, -0.1) is 0 Å². The predicted octanol–water partition coefficient (Wildman–Crippen LogP) is 1.83. The first-order valence-corrected chi connectivity index (χ1v) is 8.69. The van der Waals surface area contributed by atoms with Gasteiger partial charge in [0.25, 0.3) is 0 Å². The van der Waals surface area contributed by atoms with Gasteiger partial charge in [-0.3, -0.25) is 4.57 Å². The van der Waals surface area contributed by atoms with Gasteiger partial charge in [0.1, 0.15) is 5.60 Å². The number of carbonyl (C=O) groups is 1. The Balaban J connectivity index is 1.62. The Kier molecular flexibility index (Phi) is 4.76. The zero-order valence-electron chi connectivity index (χ0n) is 15.7. The lowest BCUT2D eigenvalue weighted by Crippen LogP contribution is -2.50. The van der Waals surface area contributed by atoms with E-state index in [-0.39, 0.29) is 11.8 Å². The fourth-order valence-corrected chi connectivity index (χ4v) is 2.90. The summed E-state index contributed by atoms with van der Waals surface area (Å²) in [6.07, 6.45) is -0.257. The molecule has 8 heteroatoms. The summed E-state index contributed by atoms with van der Waals surface area (Å²) < 4.78 is 6.91. The number of nitrogens with one attached hydrogen (secondary N) is 1. The highest BCUT2D eigenvalue weighted by Gasteiger charge is 2.26. The van der Waals surface area contributed by atoms with Gasteiger partial charge in [0.05, 0.1) is 0 Å². The van der Waals surface area contributed by atoms with Gasteiger partial charge in [-0.2, -0.15) is 5.10 Å². The number of rotatable bonds is 2. The van der Waals surface area contributed by atoms with Crippen LogP contribution in [0.3, 0.4) is 0 Å². The van der Waals surface area contributed by atoms with Gasteiger partial charge in [0, 0.05) is 44.5 Å². The number of carbonyl (C=O) groups excluding carboxylic acids is 1. The molecule has 3 rings (SSSR count). The molecule has 0 radical (unpaired) electrons. The Morgan fingerprint density at radius 3 is 2.23 bits per heavy atom. The Morgan fingerprint density at radius 2 is 1.73 bits per heavy atom. The van der Waals surface area contributed by atoms with Gasteiger partial charge >= 0.3 is 11.8 Å². The number of piperazine rings is 1. The molecule has 1 aromatic heterocycles. The number of H-pyrrole nitrogens is 1. The van der Waals surface area contributed by atoms with Crippen LogP contribution in [0.2, 0.25) is 0 Å². The third kappa shape index (κ3) is 3.89. The first-order valence-electron chi connectivity index (χ1n) is 8.69. The van der Waals surface area contributed by atoms with Crippen LogP contribution in [-0.2, 0) is 11.8 Å². The molecule has 1 fully saturated rings. The van der Waals surface area contributed by atoms with Crippen LogP contribution in [0.4, 0.5) is 10.5 Å². The zero-order chi connectivity index (χ0) is 18.9. The van der Waals surface area contributed by atoms with E-state index >= 15 is 0 Å². The van der Waals surface area contributed by atoms with E-state index in [0.717, 1.165) is 24.3 Å². The van der Waals surface area contributed by atoms with Crippen LogP contribution in [0, 0.1) is 0 Å². The van der Waals surface area contributed by atoms with E-state index in [4.69, 9.17) is 4.74 Å². The second-order valence-electron chi connectivity index (χ2n) is 7.41. The molecule has 0 spiro atoms. The second-order valence-corrected chi connectivity index (χ2v) is 7.41. The summed E-state index contributed by atoms with van der Waals surface area (Å²) >= 11 is 0. The van der Waals surface area contributed by atoms with Crippen molar-refractivity contribution in [3.63, 3.8) is 0 Å². The Labute approximate surface area is 152 Å². The Bertz CT molecular complexity index is 824. The molecular weight excluding hydrogens is 334 g/mol. The highest BCUT2D eigenvalue weighted by atomic mass is 16.6. The van der Waals surface area contributed by atoms with Gasteiger partial charge < -0.3 is 14.5 Å². The summed E-state index contributed by atoms with van der Waals surface area (Å²) in [5.41, 5.74) is 1.25. The van der Waals surface area contributed by atoms with Gasteiger partial charge in [-0.05, 0) is 45.0 Å². The van der Waals surface area contributed by atoms with Crippen molar-refractivity contribution in [2.45, 2.75) is 26.4 Å². The van der Waals surface area contributed by atoms with Crippen LogP contribution >= 0.6 is 0 Å². The van der Waals surface area contributed by atoms with Crippen LogP contribution in [0.5, 0.6) is 0 Å². The standard InChI is InChI=1S/C18H25N5O3/c1-18(2,3)26-17(25)23-11-9-22(10-12-23)14-7-5-13(6-8-14)15-19-20-16(24)21(15)4/h5-8H,9-12H2,1-4H3,(H,20,24). The highest BCUT2D eigenvalue weighted by Crippen LogP contribution is 2.22. The molecule has 2 heterocycles. The molecule has 0 aliphatic carbocycles. The Morgan fingerprint density at radius 1 is 1.12 bits per heavy atom. The largest absolute Gasteiger partial charge is 0.444 e. The molecule has 1 saturated heterocycles. The van der Waals surface area contributed by atoms with Gasteiger partial charge in [0.15, 0.2) is 5.82 Å². The fraction of sp³-hybridized carbons (Fsp3) is 0.500. The number of hydrogen-bond donors (Lipinski definition) is 1. The smallest absolute Gasteiger partial charge is 0.410 e. The number of benzene rings is 1. The van der Waals surface area contributed by atoms with E-state index in [1.54, 1.807) is 11.9 Å². The molecule has 26 heavy (non-hydrogen) atoms. The van der Waals surface area contributed by atoms with Gasteiger partial charge in [0.2, 0.25) is 0 Å². The Hall–Kier alpha value is -2.77. The molecule has 1 N–H and O–H groups in total. The minimum Gasteiger partial charge on any atom is -0.444 e. The normalized spacial score (nSPS) is 15.2. The van der Waals surface area contributed by atoms with E-state index in [1.165, 1.54) is 4.57 Å². The number of aromatic amines is 1. The summed E-state index contributed by atoms with van der Waals surface area (Å²) in [5, 5.41) is 6.48. The third-order valence-corrected chi connectivity index (χ3v) is 4.30. The molecule has 0 saturated carbocycles. The van der Waals surface area contributed by atoms with Crippen LogP contribution in [0.15, 0.2) is 29.1 Å². The first kappa shape index (κ1) is 18.0. The number of hydrogen-bond acceptors (Lipinski definition) is 5. The third-order valence-electron chi connectivity index (χ3n) is 4.30.